The maximum atomic E-state index is 12.5. The van der Waals surface area contributed by atoms with Gasteiger partial charge in [-0.25, -0.2) is 4.79 Å². The van der Waals surface area contributed by atoms with Crippen molar-refractivity contribution in [2.75, 3.05) is 24.9 Å². The van der Waals surface area contributed by atoms with Crippen molar-refractivity contribution in [3.05, 3.63) is 59.9 Å². The van der Waals surface area contributed by atoms with Crippen LogP contribution in [0.2, 0.25) is 0 Å². The summed E-state index contributed by atoms with van der Waals surface area (Å²) in [6, 6.07) is 14.1. The zero-order valence-electron chi connectivity index (χ0n) is 16.6. The quantitative estimate of drug-likeness (QED) is 0.637. The fourth-order valence-corrected chi connectivity index (χ4v) is 2.66. The lowest BCUT2D eigenvalue weighted by Crippen LogP contribution is -2.21. The highest BCUT2D eigenvalue weighted by molar-refractivity contribution is 6.00. The van der Waals surface area contributed by atoms with Gasteiger partial charge < -0.3 is 24.8 Å². The van der Waals surface area contributed by atoms with Crippen molar-refractivity contribution >= 4 is 17.4 Å². The average molecular weight is 394 g/mol. The minimum Gasteiger partial charge on any atom is -0.497 e. The van der Waals surface area contributed by atoms with Crippen LogP contribution < -0.4 is 24.8 Å². The number of carbonyl (C=O) groups excluding carboxylic acids is 1. The Labute approximate surface area is 168 Å². The first-order chi connectivity index (χ1) is 14.0. The molecule has 0 fully saturated rings. The van der Waals surface area contributed by atoms with E-state index >= 15 is 0 Å². The SMILES string of the molecule is COc1cc(NC(=O)Nc2c(C)nc(Oc3ccccc3)nc2C)cc(OC)c1. The first-order valence-electron chi connectivity index (χ1n) is 8.87. The van der Waals surface area contributed by atoms with Crippen molar-refractivity contribution in [2.24, 2.45) is 0 Å². The van der Waals surface area contributed by atoms with E-state index in [1.807, 2.05) is 30.3 Å². The van der Waals surface area contributed by atoms with E-state index in [1.165, 1.54) is 0 Å². The van der Waals surface area contributed by atoms with Crippen LogP contribution >= 0.6 is 0 Å². The molecule has 0 aliphatic heterocycles. The van der Waals surface area contributed by atoms with Crippen molar-refractivity contribution in [3.8, 4) is 23.3 Å². The summed E-state index contributed by atoms with van der Waals surface area (Å²) >= 11 is 0. The Hall–Kier alpha value is -3.81. The molecule has 0 aliphatic carbocycles. The third-order valence-corrected chi connectivity index (χ3v) is 4.05. The highest BCUT2D eigenvalue weighted by atomic mass is 16.5. The Morgan fingerprint density at radius 3 is 1.97 bits per heavy atom. The predicted molar refractivity (Wildman–Crippen MR) is 110 cm³/mol. The lowest BCUT2D eigenvalue weighted by Gasteiger charge is -2.14. The molecule has 0 aliphatic rings. The summed E-state index contributed by atoms with van der Waals surface area (Å²) in [4.78, 5) is 21.1. The van der Waals surface area contributed by atoms with E-state index in [0.717, 1.165) is 0 Å². The van der Waals surface area contributed by atoms with Gasteiger partial charge in [-0.05, 0) is 26.0 Å². The molecule has 150 valence electrons. The van der Waals surface area contributed by atoms with Crippen LogP contribution in [0.15, 0.2) is 48.5 Å². The number of urea groups is 1. The summed E-state index contributed by atoms with van der Waals surface area (Å²) in [5.41, 5.74) is 2.21. The number of anilines is 2. The summed E-state index contributed by atoms with van der Waals surface area (Å²) in [6.45, 7) is 3.55. The molecular weight excluding hydrogens is 372 g/mol. The molecule has 3 aromatic rings. The Morgan fingerprint density at radius 2 is 1.41 bits per heavy atom. The van der Waals surface area contributed by atoms with Crippen molar-refractivity contribution in [3.63, 3.8) is 0 Å². The van der Waals surface area contributed by atoms with Crippen LogP contribution in [0.3, 0.4) is 0 Å². The molecule has 1 heterocycles. The number of hydrogen-bond acceptors (Lipinski definition) is 6. The van der Waals surface area contributed by atoms with E-state index in [9.17, 15) is 4.79 Å². The number of rotatable bonds is 6. The number of nitrogens with zero attached hydrogens (tertiary/aromatic N) is 2. The second kappa shape index (κ2) is 8.92. The molecule has 3 rings (SSSR count). The van der Waals surface area contributed by atoms with Gasteiger partial charge in [0.15, 0.2) is 0 Å². The van der Waals surface area contributed by atoms with E-state index in [0.29, 0.717) is 40.0 Å². The number of nitrogens with one attached hydrogen (secondary N) is 2. The average Bonchev–Trinajstić information content (AvgIpc) is 2.71. The molecule has 8 nitrogen and oxygen atoms in total. The number of carbonyl (C=O) groups is 1. The van der Waals surface area contributed by atoms with Gasteiger partial charge in [-0.15, -0.1) is 0 Å². The molecular formula is C21H22N4O4. The minimum absolute atomic E-state index is 0.217. The fraction of sp³-hybridized carbons (Fsp3) is 0.190. The molecule has 0 saturated carbocycles. The van der Waals surface area contributed by atoms with Crippen molar-refractivity contribution in [1.82, 2.24) is 9.97 Å². The van der Waals surface area contributed by atoms with Gasteiger partial charge in [0.1, 0.15) is 17.2 Å². The third-order valence-electron chi connectivity index (χ3n) is 4.05. The monoisotopic (exact) mass is 394 g/mol. The second-order valence-corrected chi connectivity index (χ2v) is 6.15. The zero-order valence-corrected chi connectivity index (χ0v) is 16.6. The number of aryl methyl sites for hydroxylation is 2. The standard InChI is InChI=1S/C21H22N4O4/c1-13-19(14(2)23-21(22-13)29-16-8-6-5-7-9-16)25-20(26)24-15-10-17(27-3)12-18(11-15)28-4/h5-12H,1-4H3,(H2,24,25,26). The molecule has 8 heteroatoms. The van der Waals surface area contributed by atoms with Crippen LogP contribution in [-0.2, 0) is 0 Å². The maximum absolute atomic E-state index is 12.5. The van der Waals surface area contributed by atoms with Crippen LogP contribution in [0.1, 0.15) is 11.4 Å². The van der Waals surface area contributed by atoms with Crippen LogP contribution in [0, 0.1) is 13.8 Å². The lowest BCUT2D eigenvalue weighted by atomic mass is 10.2. The molecule has 2 amide bonds. The Bertz CT molecular complexity index is 964. The number of para-hydroxylation sites is 1. The van der Waals surface area contributed by atoms with Gasteiger partial charge in [-0.2, -0.15) is 9.97 Å². The van der Waals surface area contributed by atoms with E-state index < -0.39 is 6.03 Å². The summed E-state index contributed by atoms with van der Waals surface area (Å²) in [7, 11) is 3.09. The highest BCUT2D eigenvalue weighted by Gasteiger charge is 2.14. The molecule has 29 heavy (non-hydrogen) atoms. The number of benzene rings is 2. The van der Waals surface area contributed by atoms with E-state index in [4.69, 9.17) is 14.2 Å². The molecule has 0 radical (unpaired) electrons. The topological polar surface area (TPSA) is 94.6 Å². The molecule has 0 unspecified atom stereocenters. The van der Waals surface area contributed by atoms with Gasteiger partial charge in [0.2, 0.25) is 0 Å². The van der Waals surface area contributed by atoms with Crippen LogP contribution in [0.25, 0.3) is 0 Å². The Kier molecular flexibility index (Phi) is 6.13. The van der Waals surface area contributed by atoms with Gasteiger partial charge in [0.05, 0.1) is 31.3 Å². The van der Waals surface area contributed by atoms with Gasteiger partial charge >= 0.3 is 12.0 Å². The van der Waals surface area contributed by atoms with E-state index in [1.54, 1.807) is 46.3 Å². The number of amides is 2. The number of methoxy groups -OCH3 is 2. The summed E-state index contributed by atoms with van der Waals surface area (Å²) in [6.07, 6.45) is 0. The smallest absolute Gasteiger partial charge is 0.323 e. The molecule has 0 bridgehead atoms. The minimum atomic E-state index is -0.438. The van der Waals surface area contributed by atoms with Crippen LogP contribution in [-0.4, -0.2) is 30.2 Å². The molecule has 0 saturated heterocycles. The van der Waals surface area contributed by atoms with Crippen LogP contribution in [0.5, 0.6) is 23.3 Å². The van der Waals surface area contributed by atoms with Crippen molar-refractivity contribution in [1.29, 1.82) is 0 Å². The van der Waals surface area contributed by atoms with Gasteiger partial charge in [-0.3, -0.25) is 0 Å². The third kappa shape index (κ3) is 5.13. The normalized spacial score (nSPS) is 10.2. The molecule has 1 aromatic heterocycles. The molecule has 0 atom stereocenters. The molecule has 2 N–H and O–H groups in total. The number of ether oxygens (including phenoxy) is 3. The zero-order chi connectivity index (χ0) is 20.8. The van der Waals surface area contributed by atoms with E-state index in [-0.39, 0.29) is 6.01 Å². The summed E-state index contributed by atoms with van der Waals surface area (Å²) in [5.74, 6) is 1.77. The van der Waals surface area contributed by atoms with Gasteiger partial charge in [0, 0.05) is 23.9 Å². The van der Waals surface area contributed by atoms with Crippen molar-refractivity contribution in [2.45, 2.75) is 13.8 Å². The summed E-state index contributed by atoms with van der Waals surface area (Å²) in [5, 5.41) is 5.53. The van der Waals surface area contributed by atoms with Crippen molar-refractivity contribution < 1.29 is 19.0 Å². The number of aromatic nitrogens is 2. The first kappa shape index (κ1) is 19.9. The second-order valence-electron chi connectivity index (χ2n) is 6.15. The van der Waals surface area contributed by atoms with Crippen LogP contribution in [0.4, 0.5) is 16.2 Å². The van der Waals surface area contributed by atoms with Gasteiger partial charge in [-0.1, -0.05) is 18.2 Å². The number of hydrogen-bond donors (Lipinski definition) is 2. The highest BCUT2D eigenvalue weighted by Crippen LogP contribution is 2.27. The molecule has 2 aromatic carbocycles. The maximum Gasteiger partial charge on any atom is 0.323 e. The lowest BCUT2D eigenvalue weighted by molar-refractivity contribution is 0.262. The largest absolute Gasteiger partial charge is 0.497 e. The predicted octanol–water partition coefficient (Wildman–Crippen LogP) is 4.55. The Balaban J connectivity index is 1.73. The fourth-order valence-electron chi connectivity index (χ4n) is 2.66. The van der Waals surface area contributed by atoms with Gasteiger partial charge in [0.25, 0.3) is 0 Å². The Morgan fingerprint density at radius 1 is 0.828 bits per heavy atom. The summed E-state index contributed by atoms with van der Waals surface area (Å²) < 4.78 is 16.1. The first-order valence-corrected chi connectivity index (χ1v) is 8.87. The van der Waals surface area contributed by atoms with E-state index in [2.05, 4.69) is 20.6 Å². The molecule has 0 spiro atoms.